The molecule has 3 aromatic carbocycles. The van der Waals surface area contributed by atoms with E-state index in [9.17, 15) is 19.4 Å². The number of anilines is 1. The number of hydrogen-bond donors (Lipinski definition) is 2. The van der Waals surface area contributed by atoms with Gasteiger partial charge in [-0.1, -0.05) is 48.5 Å². The van der Waals surface area contributed by atoms with Crippen molar-refractivity contribution in [1.29, 1.82) is 0 Å². The average molecular weight is 532 g/mol. The van der Waals surface area contributed by atoms with Crippen molar-refractivity contribution < 1.29 is 24.1 Å². The van der Waals surface area contributed by atoms with Crippen molar-refractivity contribution in [3.05, 3.63) is 112 Å². The van der Waals surface area contributed by atoms with Crippen molar-refractivity contribution in [1.82, 2.24) is 4.90 Å². The monoisotopic (exact) mass is 531 g/mol. The predicted molar refractivity (Wildman–Crippen MR) is 142 cm³/mol. The third-order valence-corrected chi connectivity index (χ3v) is 6.93. The second-order valence-corrected chi connectivity index (χ2v) is 9.25. The number of phenols is 1. The van der Waals surface area contributed by atoms with E-state index in [-0.39, 0.29) is 45.8 Å². The number of nitrogens with zero attached hydrogens (tertiary/aromatic N) is 3. The number of ether oxygens (including phenoxy) is 1. The zero-order chi connectivity index (χ0) is 27.0. The highest BCUT2D eigenvalue weighted by Crippen LogP contribution is 2.42. The SMILES string of the molecule is C=C1N=C(c2c#cc(F)cc2)N(c2c(O)cccc2OC)C(O)=C1C(=O)N1CCC(c2ccccc2Cl)C1. The van der Waals surface area contributed by atoms with E-state index >= 15 is 0 Å². The molecule has 2 aliphatic rings. The Bertz CT molecular complexity index is 1490. The number of aliphatic hydroxyl groups excluding tert-OH is 1. The Morgan fingerprint density at radius 3 is 2.66 bits per heavy atom. The lowest BCUT2D eigenvalue weighted by molar-refractivity contribution is -0.126. The largest absolute Gasteiger partial charge is 0.506 e. The first-order valence-corrected chi connectivity index (χ1v) is 12.2. The molecule has 9 heteroatoms. The maximum Gasteiger partial charge on any atom is 0.261 e. The summed E-state index contributed by atoms with van der Waals surface area (Å²) in [5, 5.41) is 23.0. The summed E-state index contributed by atoms with van der Waals surface area (Å²) in [5.41, 5.74) is 1.11. The molecule has 3 aromatic rings. The number of halogens is 2. The van der Waals surface area contributed by atoms with Crippen LogP contribution in [0.1, 0.15) is 23.5 Å². The van der Waals surface area contributed by atoms with Crippen molar-refractivity contribution in [2.24, 2.45) is 4.99 Å². The van der Waals surface area contributed by atoms with Gasteiger partial charge in [-0.15, -0.1) is 0 Å². The van der Waals surface area contributed by atoms with Crippen molar-refractivity contribution in [2.45, 2.75) is 12.3 Å². The van der Waals surface area contributed by atoms with Gasteiger partial charge in [0.2, 0.25) is 5.88 Å². The minimum absolute atomic E-state index is 0.00653. The van der Waals surface area contributed by atoms with Gasteiger partial charge in [-0.05, 0) is 48.4 Å². The molecule has 2 aliphatic heterocycles. The van der Waals surface area contributed by atoms with E-state index < -0.39 is 17.6 Å². The summed E-state index contributed by atoms with van der Waals surface area (Å²) in [7, 11) is 1.40. The number of para-hydroxylation sites is 1. The molecule has 1 atom stereocenters. The summed E-state index contributed by atoms with van der Waals surface area (Å²) in [6.07, 6.45) is 0.696. The van der Waals surface area contributed by atoms with Gasteiger partial charge in [0, 0.05) is 24.0 Å². The van der Waals surface area contributed by atoms with Gasteiger partial charge in [0.1, 0.15) is 22.8 Å². The zero-order valence-electron chi connectivity index (χ0n) is 20.4. The molecular formula is C29H23ClFN3O4. The number of aliphatic imine (C=N–C) groups is 1. The lowest BCUT2D eigenvalue weighted by Crippen LogP contribution is -2.39. The van der Waals surface area contributed by atoms with Crippen LogP contribution in [0.25, 0.3) is 0 Å². The molecule has 0 aromatic heterocycles. The molecule has 0 bridgehead atoms. The molecule has 0 radical (unpaired) electrons. The van der Waals surface area contributed by atoms with Crippen LogP contribution in [-0.2, 0) is 4.79 Å². The smallest absolute Gasteiger partial charge is 0.261 e. The number of carbonyl (C=O) groups excluding carboxylic acids is 1. The molecule has 0 aliphatic carbocycles. The van der Waals surface area contributed by atoms with Crippen molar-refractivity contribution >= 4 is 29.0 Å². The molecular weight excluding hydrogens is 509 g/mol. The topological polar surface area (TPSA) is 85.6 Å². The second-order valence-electron chi connectivity index (χ2n) is 8.85. The van der Waals surface area contributed by atoms with Gasteiger partial charge in [0.25, 0.3) is 5.91 Å². The minimum Gasteiger partial charge on any atom is -0.506 e. The molecule has 192 valence electrons. The number of benzene rings is 2. The van der Waals surface area contributed by atoms with Crippen LogP contribution in [0.15, 0.2) is 83.3 Å². The van der Waals surface area contributed by atoms with E-state index in [2.05, 4.69) is 23.7 Å². The molecule has 1 unspecified atom stereocenters. The van der Waals surface area contributed by atoms with Gasteiger partial charge in [-0.3, -0.25) is 9.69 Å². The summed E-state index contributed by atoms with van der Waals surface area (Å²) in [6.45, 7) is 4.76. The summed E-state index contributed by atoms with van der Waals surface area (Å²) < 4.78 is 19.0. The van der Waals surface area contributed by atoms with Crippen molar-refractivity contribution in [3.63, 3.8) is 0 Å². The summed E-state index contributed by atoms with van der Waals surface area (Å²) in [4.78, 5) is 21.0. The van der Waals surface area contributed by atoms with Crippen LogP contribution in [0.4, 0.5) is 10.1 Å². The molecule has 2 heterocycles. The number of likely N-dealkylation sites (tertiary alicyclic amines) is 1. The Balaban J connectivity index is 1.57. The highest BCUT2D eigenvalue weighted by atomic mass is 35.5. The normalized spacial score (nSPS) is 17.4. The number of amidine groups is 1. The number of hydrogen-bond acceptors (Lipinski definition) is 6. The number of phenolic OH excluding ortho intramolecular Hbond substituents is 1. The van der Waals surface area contributed by atoms with Gasteiger partial charge in [-0.2, -0.15) is 4.39 Å². The van der Waals surface area contributed by atoms with E-state index in [0.29, 0.717) is 24.5 Å². The van der Waals surface area contributed by atoms with E-state index in [0.717, 1.165) is 11.6 Å². The van der Waals surface area contributed by atoms with Gasteiger partial charge in [0.05, 0.1) is 18.4 Å². The van der Waals surface area contributed by atoms with Gasteiger partial charge < -0.3 is 19.8 Å². The molecule has 1 fully saturated rings. The van der Waals surface area contributed by atoms with Crippen molar-refractivity contribution in [3.8, 4) is 11.5 Å². The molecule has 1 saturated heterocycles. The molecule has 7 nitrogen and oxygen atoms in total. The van der Waals surface area contributed by atoms with Crippen molar-refractivity contribution in [2.75, 3.05) is 25.1 Å². The first-order valence-electron chi connectivity index (χ1n) is 11.8. The van der Waals surface area contributed by atoms with Crippen LogP contribution < -0.4 is 9.64 Å². The number of rotatable bonds is 5. The lowest BCUT2D eigenvalue weighted by Gasteiger charge is -2.32. The fourth-order valence-corrected chi connectivity index (χ4v) is 5.04. The molecule has 2 N–H and O–H groups in total. The zero-order valence-corrected chi connectivity index (χ0v) is 21.2. The Kier molecular flexibility index (Phi) is 6.70. The highest BCUT2D eigenvalue weighted by Gasteiger charge is 2.38. The first kappa shape index (κ1) is 25.2. The molecule has 38 heavy (non-hydrogen) atoms. The van der Waals surface area contributed by atoms with E-state index in [4.69, 9.17) is 16.3 Å². The van der Waals surface area contributed by atoms with Gasteiger partial charge >= 0.3 is 0 Å². The standard InChI is InChI=1S/C29H23ClFN3O4/c1-17-25(28(36)33-15-14-19(16-33)21-6-3-4-7-22(21)30)29(37)34(26-23(35)8-5-9-24(26)38-2)27(32-17)18-10-12-20(31)13-11-18/h3-10,12,19,35,37H,1,14-16H2,2H3. The Morgan fingerprint density at radius 2 is 1.95 bits per heavy atom. The minimum atomic E-state index is -0.631. The van der Waals surface area contributed by atoms with E-state index in [1.165, 1.54) is 24.1 Å². The number of methoxy groups -OCH3 is 1. The fourth-order valence-electron chi connectivity index (χ4n) is 4.75. The fraction of sp³-hybridized carbons (Fsp3) is 0.172. The van der Waals surface area contributed by atoms with Gasteiger partial charge in [0.15, 0.2) is 11.7 Å². The van der Waals surface area contributed by atoms with Crippen LogP contribution in [0.2, 0.25) is 5.02 Å². The van der Waals surface area contributed by atoms with Crippen LogP contribution in [0.3, 0.4) is 0 Å². The van der Waals surface area contributed by atoms with Crippen LogP contribution >= 0.6 is 11.6 Å². The molecule has 0 saturated carbocycles. The molecule has 5 rings (SSSR count). The van der Waals surface area contributed by atoms with Crippen LogP contribution in [-0.4, -0.2) is 47.1 Å². The first-order chi connectivity index (χ1) is 18.3. The summed E-state index contributed by atoms with van der Waals surface area (Å²) in [6, 6.07) is 19.6. The Hall–Kier alpha value is -4.48. The van der Waals surface area contributed by atoms with Crippen LogP contribution in [0.5, 0.6) is 11.5 Å². The Morgan fingerprint density at radius 1 is 1.16 bits per heavy atom. The number of aliphatic hydroxyl groups is 1. The highest BCUT2D eigenvalue weighted by molar-refractivity contribution is 6.31. The second kappa shape index (κ2) is 10.1. The third kappa shape index (κ3) is 4.42. The van der Waals surface area contributed by atoms with E-state index in [1.807, 2.05) is 24.3 Å². The van der Waals surface area contributed by atoms with Gasteiger partial charge in [-0.25, -0.2) is 4.99 Å². The maximum atomic E-state index is 13.7. The summed E-state index contributed by atoms with van der Waals surface area (Å²) in [5.74, 6) is -1.57. The molecule has 1 amide bonds. The maximum absolute atomic E-state index is 13.7. The van der Waals surface area contributed by atoms with E-state index in [1.54, 1.807) is 17.0 Å². The third-order valence-electron chi connectivity index (χ3n) is 6.59. The summed E-state index contributed by atoms with van der Waals surface area (Å²) >= 11 is 6.39. The number of carbonyl (C=O) groups is 1. The Labute approximate surface area is 224 Å². The molecule has 0 spiro atoms. The van der Waals surface area contributed by atoms with Crippen LogP contribution in [0, 0.1) is 17.9 Å². The predicted octanol–water partition coefficient (Wildman–Crippen LogP) is 5.36. The number of aromatic hydroxyl groups is 1. The lowest BCUT2D eigenvalue weighted by atomic mass is 9.98. The number of amides is 1. The quantitative estimate of drug-likeness (QED) is 0.463. The average Bonchev–Trinajstić information content (AvgIpc) is 3.39.